The molecule has 22 heavy (non-hydrogen) atoms. The summed E-state index contributed by atoms with van der Waals surface area (Å²) in [5.74, 6) is -0.920. The van der Waals surface area contributed by atoms with Crippen LogP contribution in [0.4, 0.5) is 0 Å². The zero-order valence-electron chi connectivity index (χ0n) is 12.2. The van der Waals surface area contributed by atoms with Crippen molar-refractivity contribution >= 4 is 43.7 Å². The normalized spacial score (nSPS) is 19.0. The summed E-state index contributed by atoms with van der Waals surface area (Å²) in [5.41, 5.74) is 0. The van der Waals surface area contributed by atoms with E-state index in [2.05, 4.69) is 0 Å². The summed E-state index contributed by atoms with van der Waals surface area (Å²) in [4.78, 5) is 0. The van der Waals surface area contributed by atoms with Gasteiger partial charge < -0.3 is 29.5 Å². The van der Waals surface area contributed by atoms with Crippen molar-refractivity contribution in [3.05, 3.63) is 0 Å². The van der Waals surface area contributed by atoms with Gasteiger partial charge in [-0.15, -0.1) is 0 Å². The second kappa shape index (κ2) is 17.2. The van der Waals surface area contributed by atoms with Crippen molar-refractivity contribution in [2.24, 2.45) is 0 Å². The van der Waals surface area contributed by atoms with Gasteiger partial charge in [-0.25, -0.2) is 4.21 Å². The average molecular weight is 415 g/mol. The molecule has 0 spiro atoms. The smallest absolute Gasteiger partial charge is 0.772 e. The first kappa shape index (κ1) is 29.5. The molecule has 0 aliphatic carbocycles. The molecule has 0 aliphatic rings. The van der Waals surface area contributed by atoms with Gasteiger partial charge in [-0.1, -0.05) is 32.7 Å². The summed E-state index contributed by atoms with van der Waals surface area (Å²) in [6.07, 6.45) is -5.13. The molecule has 0 radical (unpaired) electrons. The van der Waals surface area contributed by atoms with Gasteiger partial charge in [0.1, 0.15) is 0 Å². The minimum absolute atomic E-state index is 0. The molecular weight excluding hydrogens is 398 g/mol. The van der Waals surface area contributed by atoms with Gasteiger partial charge in [-0.05, 0) is 0 Å². The Balaban J connectivity index is -0.00000180. The molecule has 5 N–H and O–H groups in total. The number of aliphatic hydroxyl groups excluding tert-OH is 4. The minimum atomic E-state index is -2.44. The van der Waals surface area contributed by atoms with Crippen LogP contribution < -0.4 is 59.1 Å². The van der Waals surface area contributed by atoms with Crippen molar-refractivity contribution in [1.82, 2.24) is 0 Å². The van der Waals surface area contributed by atoms with E-state index in [1.54, 1.807) is 0 Å². The van der Waals surface area contributed by atoms with Gasteiger partial charge in [0.25, 0.3) is 0 Å². The van der Waals surface area contributed by atoms with Crippen LogP contribution in [0.15, 0.2) is 0 Å². The Morgan fingerprint density at radius 1 is 0.818 bits per heavy atom. The standard InChI is InChI=1S/C8H18O8S4.2Na/c9-5(7(11)3-19(13)14)1-17-18-2-6(10)8(12)4-20(15)16;;/h5-12H,1-4H2,(H,13,14)(H,15,16);;/q;2*+1/p-1/t5-,6-,7-,8-;;/m0../s1. The quantitative estimate of drug-likeness (QED) is 0.0949. The number of rotatable bonds is 11. The molecule has 0 fully saturated rings. The van der Waals surface area contributed by atoms with E-state index in [0.717, 1.165) is 21.6 Å². The predicted molar refractivity (Wildman–Crippen MR) is 78.4 cm³/mol. The van der Waals surface area contributed by atoms with E-state index in [1.807, 2.05) is 0 Å². The van der Waals surface area contributed by atoms with Gasteiger partial charge in [-0.3, -0.25) is 4.21 Å². The van der Waals surface area contributed by atoms with Crippen molar-refractivity contribution < 1.29 is 97.1 Å². The van der Waals surface area contributed by atoms with Crippen LogP contribution in [0.3, 0.4) is 0 Å². The van der Waals surface area contributed by atoms with Crippen LogP contribution in [0.25, 0.3) is 0 Å². The average Bonchev–Trinajstić information content (AvgIpc) is 2.32. The maximum atomic E-state index is 10.4. The van der Waals surface area contributed by atoms with Crippen LogP contribution in [0.2, 0.25) is 0 Å². The molecule has 2 unspecified atom stereocenters. The van der Waals surface area contributed by atoms with Crippen LogP contribution in [0.1, 0.15) is 0 Å². The molecule has 122 valence electrons. The number of aliphatic hydroxyl groups is 4. The fourth-order valence-corrected chi connectivity index (χ4v) is 4.31. The van der Waals surface area contributed by atoms with Gasteiger partial charge in [0.2, 0.25) is 0 Å². The van der Waals surface area contributed by atoms with Gasteiger partial charge in [0.15, 0.2) is 11.1 Å². The van der Waals surface area contributed by atoms with Crippen LogP contribution in [0, 0.1) is 0 Å². The zero-order chi connectivity index (χ0) is 15.7. The molecule has 6 atom stereocenters. The molecule has 0 saturated carbocycles. The summed E-state index contributed by atoms with van der Waals surface area (Å²) in [6.45, 7) is 0. The second-order valence-corrected chi connectivity index (χ2v) is 8.27. The van der Waals surface area contributed by atoms with E-state index in [9.17, 15) is 33.4 Å². The first-order valence-corrected chi connectivity index (χ1v) is 10.3. The molecule has 0 aromatic heterocycles. The summed E-state index contributed by atoms with van der Waals surface area (Å²) >= 11 is -4.64. The maximum Gasteiger partial charge on any atom is 1.00 e. The topological polar surface area (TPSA) is 158 Å². The summed E-state index contributed by atoms with van der Waals surface area (Å²) in [5, 5.41) is 37.4. The Labute approximate surface area is 186 Å². The second-order valence-electron chi connectivity index (χ2n) is 3.80. The van der Waals surface area contributed by atoms with E-state index >= 15 is 0 Å². The monoisotopic (exact) mass is 415 g/mol. The van der Waals surface area contributed by atoms with Crippen LogP contribution >= 0.6 is 21.6 Å². The van der Waals surface area contributed by atoms with Crippen LogP contribution in [-0.2, 0) is 22.2 Å². The van der Waals surface area contributed by atoms with E-state index in [4.69, 9.17) is 4.55 Å². The Morgan fingerprint density at radius 3 is 1.50 bits per heavy atom. The Hall–Kier alpha value is 2.76. The predicted octanol–water partition coefficient (Wildman–Crippen LogP) is -8.08. The first-order valence-electron chi connectivity index (χ1n) is 5.34. The van der Waals surface area contributed by atoms with Gasteiger partial charge in [0.05, 0.1) is 30.2 Å². The minimum Gasteiger partial charge on any atom is -0.772 e. The Bertz CT molecular complexity index is 297. The molecular formula is C8H17Na2O8S4+. The molecule has 0 heterocycles. The molecule has 0 aromatic carbocycles. The molecule has 0 saturated heterocycles. The van der Waals surface area contributed by atoms with Crippen molar-refractivity contribution in [1.29, 1.82) is 0 Å². The van der Waals surface area contributed by atoms with Crippen molar-refractivity contribution in [3.8, 4) is 0 Å². The fourth-order valence-electron chi connectivity index (χ4n) is 0.965. The molecule has 0 aliphatic heterocycles. The van der Waals surface area contributed by atoms with Crippen LogP contribution in [0.5, 0.6) is 0 Å². The molecule has 0 rings (SSSR count). The van der Waals surface area contributed by atoms with Gasteiger partial charge in [0, 0.05) is 17.3 Å². The molecule has 8 nitrogen and oxygen atoms in total. The van der Waals surface area contributed by atoms with E-state index < -0.39 is 58.1 Å². The third-order valence-corrected chi connectivity index (χ3v) is 5.75. The molecule has 14 heteroatoms. The van der Waals surface area contributed by atoms with E-state index in [0.29, 0.717) is 0 Å². The molecule has 0 amide bonds. The third kappa shape index (κ3) is 16.2. The van der Waals surface area contributed by atoms with Crippen molar-refractivity contribution in [2.45, 2.75) is 24.4 Å². The fraction of sp³-hybridized carbons (Fsp3) is 1.00. The zero-order valence-corrected chi connectivity index (χ0v) is 19.5. The van der Waals surface area contributed by atoms with E-state index in [-0.39, 0.29) is 70.6 Å². The Kier molecular flexibility index (Phi) is 23.1. The molecule has 0 aromatic rings. The van der Waals surface area contributed by atoms with Crippen molar-refractivity contribution in [2.75, 3.05) is 23.0 Å². The summed E-state index contributed by atoms with van der Waals surface area (Å²) in [6, 6.07) is 0. The van der Waals surface area contributed by atoms with Crippen molar-refractivity contribution in [3.63, 3.8) is 0 Å². The maximum absolute atomic E-state index is 10.4. The summed E-state index contributed by atoms with van der Waals surface area (Å²) < 4.78 is 39.6. The number of hydrogen-bond donors (Lipinski definition) is 5. The van der Waals surface area contributed by atoms with Crippen LogP contribution in [-0.4, -0.2) is 85.4 Å². The SMILES string of the molecule is O=S([O-])C[C@H](O)[C@@H](O)CSSC[C@H](O)[C@@H](O)CS(=O)O.[Na+].[Na+]. The van der Waals surface area contributed by atoms with E-state index in [1.165, 1.54) is 0 Å². The third-order valence-electron chi connectivity index (χ3n) is 2.07. The first-order chi connectivity index (χ1) is 9.23. The summed E-state index contributed by atoms with van der Waals surface area (Å²) in [7, 11) is 2.16. The van der Waals surface area contributed by atoms with Gasteiger partial charge >= 0.3 is 59.1 Å². The Morgan fingerprint density at radius 2 is 1.18 bits per heavy atom. The molecule has 0 bridgehead atoms. The number of hydrogen-bond acceptors (Lipinski definition) is 9. The van der Waals surface area contributed by atoms with Gasteiger partial charge in [-0.2, -0.15) is 0 Å². The largest absolute Gasteiger partial charge is 1.00 e.